The molecule has 0 fully saturated rings. The van der Waals surface area contributed by atoms with E-state index >= 15 is 0 Å². The highest BCUT2D eigenvalue weighted by atomic mass is 16.5. The topological polar surface area (TPSA) is 68.5 Å². The van der Waals surface area contributed by atoms with Gasteiger partial charge in [-0.25, -0.2) is 4.79 Å². The molecule has 2 aromatic carbocycles. The number of carbonyl (C=O) groups excluding carboxylic acids is 2. The summed E-state index contributed by atoms with van der Waals surface area (Å²) >= 11 is 0. The van der Waals surface area contributed by atoms with Gasteiger partial charge in [-0.2, -0.15) is 0 Å². The van der Waals surface area contributed by atoms with E-state index in [1.165, 1.54) is 0 Å². The monoisotopic (exact) mass is 321 g/mol. The summed E-state index contributed by atoms with van der Waals surface area (Å²) in [6.45, 7) is 1.75. The molecule has 0 unspecified atom stereocenters. The number of amides is 1. The number of aryl methyl sites for hydroxylation is 1. The Morgan fingerprint density at radius 2 is 1.62 bits per heavy atom. The standard InChI is InChI=1S/C19H15NO4/c1-13-7-12-17(23-13)19(22)24-16-10-8-15(9-11-16)20-18(21)14-5-3-2-4-6-14/h2-12H,1H3,(H,20,21). The maximum Gasteiger partial charge on any atom is 0.379 e. The van der Waals surface area contributed by atoms with Crippen LogP contribution < -0.4 is 10.1 Å². The van der Waals surface area contributed by atoms with Gasteiger partial charge in [0.15, 0.2) is 0 Å². The Labute approximate surface area is 138 Å². The largest absolute Gasteiger partial charge is 0.454 e. The zero-order valence-corrected chi connectivity index (χ0v) is 13.0. The first kappa shape index (κ1) is 15.6. The van der Waals surface area contributed by atoms with Crippen molar-refractivity contribution in [1.29, 1.82) is 0 Å². The van der Waals surface area contributed by atoms with Crippen molar-refractivity contribution >= 4 is 17.6 Å². The maximum absolute atomic E-state index is 12.1. The van der Waals surface area contributed by atoms with Gasteiger partial charge in [-0.3, -0.25) is 4.79 Å². The smallest absolute Gasteiger partial charge is 0.379 e. The van der Waals surface area contributed by atoms with Crippen molar-refractivity contribution in [1.82, 2.24) is 0 Å². The summed E-state index contributed by atoms with van der Waals surface area (Å²) in [6, 6.07) is 18.7. The van der Waals surface area contributed by atoms with Gasteiger partial charge in [0.2, 0.25) is 5.76 Å². The third-order valence-electron chi connectivity index (χ3n) is 3.30. The number of nitrogens with one attached hydrogen (secondary N) is 1. The van der Waals surface area contributed by atoms with Crippen LogP contribution in [0.1, 0.15) is 26.7 Å². The highest BCUT2D eigenvalue weighted by Crippen LogP contribution is 2.18. The predicted octanol–water partition coefficient (Wildman–Crippen LogP) is 4.06. The molecule has 5 nitrogen and oxygen atoms in total. The van der Waals surface area contributed by atoms with Crippen molar-refractivity contribution in [2.75, 3.05) is 5.32 Å². The van der Waals surface area contributed by atoms with E-state index in [2.05, 4.69) is 5.32 Å². The Morgan fingerprint density at radius 1 is 0.917 bits per heavy atom. The lowest BCUT2D eigenvalue weighted by molar-refractivity contribution is 0.0699. The van der Waals surface area contributed by atoms with Crippen LogP contribution in [0, 0.1) is 6.92 Å². The number of esters is 1. The molecule has 0 atom stereocenters. The van der Waals surface area contributed by atoms with Crippen LogP contribution in [-0.2, 0) is 0 Å². The third-order valence-corrected chi connectivity index (χ3v) is 3.30. The van der Waals surface area contributed by atoms with Crippen LogP contribution in [0.25, 0.3) is 0 Å². The summed E-state index contributed by atoms with van der Waals surface area (Å²) in [6.07, 6.45) is 0. The molecule has 1 aromatic heterocycles. The summed E-state index contributed by atoms with van der Waals surface area (Å²) in [5, 5.41) is 2.78. The van der Waals surface area contributed by atoms with E-state index in [1.807, 2.05) is 6.07 Å². The zero-order chi connectivity index (χ0) is 16.9. The molecular weight excluding hydrogens is 306 g/mol. The molecule has 0 bridgehead atoms. The fraction of sp³-hybridized carbons (Fsp3) is 0.0526. The lowest BCUT2D eigenvalue weighted by Crippen LogP contribution is -2.11. The van der Waals surface area contributed by atoms with Crippen LogP contribution >= 0.6 is 0 Å². The van der Waals surface area contributed by atoms with Gasteiger partial charge < -0.3 is 14.5 Å². The Morgan fingerprint density at radius 3 is 2.25 bits per heavy atom. The van der Waals surface area contributed by atoms with E-state index in [0.717, 1.165) is 0 Å². The molecule has 1 amide bonds. The third kappa shape index (κ3) is 3.70. The van der Waals surface area contributed by atoms with Gasteiger partial charge >= 0.3 is 5.97 Å². The average Bonchev–Trinajstić information content (AvgIpc) is 3.04. The summed E-state index contributed by atoms with van der Waals surface area (Å²) < 4.78 is 10.4. The number of benzene rings is 2. The number of rotatable bonds is 4. The van der Waals surface area contributed by atoms with Crippen molar-refractivity contribution in [3.05, 3.63) is 83.8 Å². The molecule has 0 saturated carbocycles. The highest BCUT2D eigenvalue weighted by Gasteiger charge is 2.13. The van der Waals surface area contributed by atoms with Crippen LogP contribution in [-0.4, -0.2) is 11.9 Å². The van der Waals surface area contributed by atoms with Crippen LogP contribution in [0.3, 0.4) is 0 Å². The van der Waals surface area contributed by atoms with Gasteiger partial charge in [-0.05, 0) is 55.5 Å². The quantitative estimate of drug-likeness (QED) is 0.581. The van der Waals surface area contributed by atoms with Gasteiger partial charge in [-0.15, -0.1) is 0 Å². The number of anilines is 1. The summed E-state index contributed by atoms with van der Waals surface area (Å²) in [7, 11) is 0. The number of furan rings is 1. The van der Waals surface area contributed by atoms with Crippen molar-refractivity contribution in [2.24, 2.45) is 0 Å². The molecule has 0 aliphatic carbocycles. The molecule has 1 heterocycles. The highest BCUT2D eigenvalue weighted by molar-refractivity contribution is 6.04. The molecule has 0 spiro atoms. The van der Waals surface area contributed by atoms with E-state index in [1.54, 1.807) is 67.6 Å². The van der Waals surface area contributed by atoms with Crippen LogP contribution in [0.2, 0.25) is 0 Å². The van der Waals surface area contributed by atoms with E-state index in [4.69, 9.17) is 9.15 Å². The van der Waals surface area contributed by atoms with Crippen LogP contribution in [0.4, 0.5) is 5.69 Å². The lowest BCUT2D eigenvalue weighted by Gasteiger charge is -2.07. The van der Waals surface area contributed by atoms with E-state index < -0.39 is 5.97 Å². The molecule has 3 aromatic rings. The molecule has 0 saturated heterocycles. The first-order valence-electron chi connectivity index (χ1n) is 7.37. The molecule has 0 aliphatic rings. The maximum atomic E-state index is 12.1. The second-order valence-corrected chi connectivity index (χ2v) is 5.14. The molecule has 1 N–H and O–H groups in total. The number of hydrogen-bond donors (Lipinski definition) is 1. The SMILES string of the molecule is Cc1ccc(C(=O)Oc2ccc(NC(=O)c3ccccc3)cc2)o1. The fourth-order valence-electron chi connectivity index (χ4n) is 2.10. The lowest BCUT2D eigenvalue weighted by atomic mass is 10.2. The Balaban J connectivity index is 1.63. The van der Waals surface area contributed by atoms with Crippen LogP contribution in [0.15, 0.2) is 71.1 Å². The van der Waals surface area contributed by atoms with Gasteiger partial charge in [0.1, 0.15) is 11.5 Å². The summed E-state index contributed by atoms with van der Waals surface area (Å²) in [5.41, 5.74) is 1.18. The number of ether oxygens (including phenoxy) is 1. The average molecular weight is 321 g/mol. The van der Waals surface area contributed by atoms with Crippen molar-refractivity contribution in [3.8, 4) is 5.75 Å². The predicted molar refractivity (Wildman–Crippen MR) is 89.2 cm³/mol. The van der Waals surface area contributed by atoms with E-state index in [9.17, 15) is 9.59 Å². The first-order chi connectivity index (χ1) is 11.6. The number of carbonyl (C=O) groups is 2. The Bertz CT molecular complexity index is 851. The minimum absolute atomic E-state index is 0.147. The minimum Gasteiger partial charge on any atom is -0.454 e. The van der Waals surface area contributed by atoms with Gasteiger partial charge in [0.25, 0.3) is 5.91 Å². The molecule has 0 aliphatic heterocycles. The zero-order valence-electron chi connectivity index (χ0n) is 13.0. The molecule has 0 radical (unpaired) electrons. The van der Waals surface area contributed by atoms with Gasteiger partial charge in [0, 0.05) is 11.3 Å². The molecular formula is C19H15NO4. The second kappa shape index (κ2) is 6.83. The summed E-state index contributed by atoms with van der Waals surface area (Å²) in [5.74, 6) is 0.386. The minimum atomic E-state index is -0.566. The Hall–Kier alpha value is -3.34. The number of hydrogen-bond acceptors (Lipinski definition) is 4. The molecule has 24 heavy (non-hydrogen) atoms. The van der Waals surface area contributed by atoms with E-state index in [-0.39, 0.29) is 11.7 Å². The Kier molecular flexibility index (Phi) is 4.43. The van der Waals surface area contributed by atoms with Gasteiger partial charge in [0.05, 0.1) is 0 Å². The second-order valence-electron chi connectivity index (χ2n) is 5.14. The van der Waals surface area contributed by atoms with Crippen molar-refractivity contribution in [2.45, 2.75) is 6.92 Å². The van der Waals surface area contributed by atoms with Crippen molar-refractivity contribution in [3.63, 3.8) is 0 Å². The molecule has 120 valence electrons. The van der Waals surface area contributed by atoms with Crippen LogP contribution in [0.5, 0.6) is 5.75 Å². The fourth-order valence-corrected chi connectivity index (χ4v) is 2.10. The molecule has 5 heteroatoms. The van der Waals surface area contributed by atoms with Gasteiger partial charge in [-0.1, -0.05) is 18.2 Å². The summed E-state index contributed by atoms with van der Waals surface area (Å²) in [4.78, 5) is 23.9. The van der Waals surface area contributed by atoms with E-state index in [0.29, 0.717) is 22.8 Å². The van der Waals surface area contributed by atoms with Crippen molar-refractivity contribution < 1.29 is 18.7 Å². The molecule has 3 rings (SSSR count). The first-order valence-corrected chi connectivity index (χ1v) is 7.37. The normalized spacial score (nSPS) is 10.2.